The summed E-state index contributed by atoms with van der Waals surface area (Å²) >= 11 is 0. The highest BCUT2D eigenvalue weighted by Gasteiger charge is 2.37. The lowest BCUT2D eigenvalue weighted by atomic mass is 9.86. The summed E-state index contributed by atoms with van der Waals surface area (Å²) in [5.74, 6) is -0.544. The number of fused-ring (bicyclic) bond motifs is 1. The maximum atomic E-state index is 13.5. The minimum absolute atomic E-state index is 0.204. The highest BCUT2D eigenvalue weighted by molar-refractivity contribution is 5.88. The number of amides is 1. The van der Waals surface area contributed by atoms with Crippen LogP contribution < -0.4 is 20.7 Å². The molecule has 3 unspecified atom stereocenters. The van der Waals surface area contributed by atoms with E-state index in [1.807, 2.05) is 45.0 Å². The molecule has 1 amide bonds. The fourth-order valence-corrected chi connectivity index (χ4v) is 4.84. The van der Waals surface area contributed by atoms with E-state index < -0.39 is 29.8 Å². The average Bonchev–Trinajstić information content (AvgIpc) is 3.50. The Hall–Kier alpha value is -4.05. The third-order valence-electron chi connectivity index (χ3n) is 6.93. The molecular formula is C29H33FN4O5. The number of aliphatic hydroxyl groups is 2. The van der Waals surface area contributed by atoms with Crippen molar-refractivity contribution < 1.29 is 28.9 Å². The van der Waals surface area contributed by atoms with Crippen LogP contribution in [0.1, 0.15) is 44.2 Å². The maximum absolute atomic E-state index is 13.5. The van der Waals surface area contributed by atoms with Gasteiger partial charge in [-0.3, -0.25) is 4.79 Å². The third kappa shape index (κ3) is 5.85. The summed E-state index contributed by atoms with van der Waals surface area (Å²) in [4.78, 5) is 17.5. The number of anilines is 1. The predicted molar refractivity (Wildman–Crippen MR) is 145 cm³/mol. The second kappa shape index (κ2) is 10.6. The lowest BCUT2D eigenvalue weighted by Crippen LogP contribution is -2.49. The van der Waals surface area contributed by atoms with Crippen LogP contribution in [0.5, 0.6) is 5.75 Å². The van der Waals surface area contributed by atoms with Crippen LogP contribution in [0.3, 0.4) is 0 Å². The van der Waals surface area contributed by atoms with Gasteiger partial charge in [-0.1, -0.05) is 32.9 Å². The number of aliphatic imine (C=N–C) groups is 1. The number of aryl methyl sites for hydroxylation is 1. The highest BCUT2D eigenvalue weighted by Crippen LogP contribution is 2.41. The van der Waals surface area contributed by atoms with Crippen molar-refractivity contribution in [2.45, 2.75) is 58.0 Å². The summed E-state index contributed by atoms with van der Waals surface area (Å²) in [6.07, 6.45) is 2.62. The molecule has 2 bridgehead atoms. The molecule has 39 heavy (non-hydrogen) atoms. The van der Waals surface area contributed by atoms with Gasteiger partial charge in [0.2, 0.25) is 18.0 Å². The van der Waals surface area contributed by atoms with E-state index in [4.69, 9.17) is 9.47 Å². The largest absolute Gasteiger partial charge is 0.495 e. The Kier molecular flexibility index (Phi) is 7.22. The summed E-state index contributed by atoms with van der Waals surface area (Å²) in [6.45, 7) is 5.46. The first-order valence-corrected chi connectivity index (χ1v) is 12.9. The van der Waals surface area contributed by atoms with E-state index in [9.17, 15) is 19.4 Å². The molecule has 4 atom stereocenters. The molecule has 5 rings (SSSR count). The molecule has 10 heteroatoms. The summed E-state index contributed by atoms with van der Waals surface area (Å²) in [6, 6.07) is 11.1. The second-order valence-electron chi connectivity index (χ2n) is 11.0. The van der Waals surface area contributed by atoms with Crippen LogP contribution in [0.2, 0.25) is 0 Å². The third-order valence-corrected chi connectivity index (χ3v) is 6.93. The van der Waals surface area contributed by atoms with Gasteiger partial charge in [0.1, 0.15) is 29.6 Å². The first-order valence-electron chi connectivity index (χ1n) is 12.9. The minimum atomic E-state index is -0.797. The quantitative estimate of drug-likeness (QED) is 0.402. The number of nitrogens with zero attached hydrogens (tertiary/aromatic N) is 1. The minimum Gasteiger partial charge on any atom is -0.495 e. The van der Waals surface area contributed by atoms with Gasteiger partial charge < -0.3 is 35.6 Å². The summed E-state index contributed by atoms with van der Waals surface area (Å²) in [7, 11) is 0. The van der Waals surface area contributed by atoms with Crippen molar-refractivity contribution in [2.24, 2.45) is 10.4 Å². The Morgan fingerprint density at radius 1 is 1.13 bits per heavy atom. The molecule has 0 aromatic heterocycles. The molecule has 0 saturated carbocycles. The number of nitrogens with one attached hydrogen (secondary N) is 3. The highest BCUT2D eigenvalue weighted by atomic mass is 19.1. The van der Waals surface area contributed by atoms with Crippen molar-refractivity contribution >= 4 is 17.5 Å². The van der Waals surface area contributed by atoms with Gasteiger partial charge in [-0.25, -0.2) is 9.38 Å². The van der Waals surface area contributed by atoms with E-state index in [1.54, 1.807) is 12.1 Å². The molecular weight excluding hydrogens is 503 g/mol. The van der Waals surface area contributed by atoms with Crippen molar-refractivity contribution in [3.05, 3.63) is 83.1 Å². The van der Waals surface area contributed by atoms with Crippen LogP contribution in [-0.4, -0.2) is 47.1 Å². The maximum Gasteiger partial charge on any atom is 0.220 e. The summed E-state index contributed by atoms with van der Waals surface area (Å²) in [5, 5.41) is 30.2. The van der Waals surface area contributed by atoms with Gasteiger partial charge in [-0.15, -0.1) is 0 Å². The molecule has 3 heterocycles. The molecule has 5 N–H and O–H groups in total. The lowest BCUT2D eigenvalue weighted by molar-refractivity contribution is -0.122. The van der Waals surface area contributed by atoms with Crippen molar-refractivity contribution in [3.8, 4) is 5.75 Å². The first kappa shape index (κ1) is 26.6. The van der Waals surface area contributed by atoms with E-state index in [0.717, 1.165) is 11.1 Å². The number of carbonyl (C=O) groups excluding carboxylic acids is 1. The van der Waals surface area contributed by atoms with Crippen molar-refractivity contribution in [2.75, 3.05) is 11.9 Å². The number of rotatable bonds is 4. The monoisotopic (exact) mass is 536 g/mol. The van der Waals surface area contributed by atoms with E-state index in [2.05, 4.69) is 20.9 Å². The number of aliphatic hydroxyl groups excluding tert-OH is 2. The molecule has 2 aromatic carbocycles. The van der Waals surface area contributed by atoms with Gasteiger partial charge in [0.15, 0.2) is 6.23 Å². The molecule has 3 aliphatic rings. The molecule has 0 aliphatic carbocycles. The number of ether oxygens (including phenoxy) is 2. The molecule has 3 aliphatic heterocycles. The van der Waals surface area contributed by atoms with Crippen molar-refractivity contribution in [1.82, 2.24) is 10.6 Å². The zero-order valence-corrected chi connectivity index (χ0v) is 22.1. The van der Waals surface area contributed by atoms with E-state index in [1.165, 1.54) is 18.4 Å². The molecule has 0 spiro atoms. The Morgan fingerprint density at radius 2 is 1.90 bits per heavy atom. The Labute approximate surface area is 226 Å². The van der Waals surface area contributed by atoms with Gasteiger partial charge in [-0.2, -0.15) is 0 Å². The van der Waals surface area contributed by atoms with Crippen LogP contribution in [0.4, 0.5) is 10.1 Å². The fraction of sp³-hybridized carbons (Fsp3) is 0.379. The van der Waals surface area contributed by atoms with E-state index >= 15 is 0 Å². The zero-order chi connectivity index (χ0) is 27.7. The number of benzene rings is 2. The molecule has 0 saturated heterocycles. The van der Waals surface area contributed by atoms with Crippen LogP contribution in [0.25, 0.3) is 0 Å². The summed E-state index contributed by atoms with van der Waals surface area (Å²) < 4.78 is 25.6. The average molecular weight is 537 g/mol. The summed E-state index contributed by atoms with van der Waals surface area (Å²) in [5.41, 5.74) is 2.77. The van der Waals surface area contributed by atoms with E-state index in [0.29, 0.717) is 29.3 Å². The van der Waals surface area contributed by atoms with Gasteiger partial charge in [0.05, 0.1) is 18.2 Å². The number of hydrogen-bond donors (Lipinski definition) is 5. The Bertz CT molecular complexity index is 1330. The van der Waals surface area contributed by atoms with Gasteiger partial charge >= 0.3 is 0 Å². The second-order valence-corrected chi connectivity index (χ2v) is 11.0. The zero-order valence-electron chi connectivity index (χ0n) is 22.1. The van der Waals surface area contributed by atoms with Gasteiger partial charge in [0.25, 0.3) is 0 Å². The first-order chi connectivity index (χ1) is 18.6. The molecule has 0 radical (unpaired) electrons. The van der Waals surface area contributed by atoms with Crippen molar-refractivity contribution in [3.63, 3.8) is 0 Å². The van der Waals surface area contributed by atoms with Crippen LogP contribution >= 0.6 is 0 Å². The van der Waals surface area contributed by atoms with Gasteiger partial charge in [0, 0.05) is 17.7 Å². The number of halogens is 1. The fourth-order valence-electron chi connectivity index (χ4n) is 4.84. The van der Waals surface area contributed by atoms with Gasteiger partial charge in [-0.05, 0) is 53.8 Å². The Balaban J connectivity index is 1.61. The standard InChI is InChI=1S/C29H33FN4O5/c1-29(2,3)25-26(37)33-22(28-32-19(14-35)15-38-28)13-21-20-12-16(5-11-24(36)34-25)4-10-23(20)39-27(21)31-18-8-6-17(30)7-9-18/h4,6-10,12-13,15,21,25,27-28,31-32,35H,5,11,14H2,1-3H3,(H,33,37)(H,34,36)/b22-13+/t21?,25?,27-,28?/m1/s1. The lowest BCUT2D eigenvalue weighted by Gasteiger charge is -2.30. The Morgan fingerprint density at radius 3 is 2.59 bits per heavy atom. The SMILES string of the molecule is CC(C)(C)C1NC(=O)CCc2ccc3c(c2)C(/C=C(C2NC(CO)=CO2)/N=C/1O)[C@H](Nc1ccc(F)cc1)O3. The topological polar surface area (TPSA) is 124 Å². The van der Waals surface area contributed by atoms with Crippen LogP contribution in [0, 0.1) is 11.2 Å². The molecule has 0 fully saturated rings. The van der Waals surface area contributed by atoms with Crippen LogP contribution in [0.15, 0.2) is 71.2 Å². The smallest absolute Gasteiger partial charge is 0.220 e. The predicted octanol–water partition coefficient (Wildman–Crippen LogP) is 3.84. The number of hydrogen-bond acceptors (Lipinski definition) is 7. The normalized spacial score (nSPS) is 27.5. The van der Waals surface area contributed by atoms with Crippen LogP contribution in [-0.2, 0) is 16.0 Å². The molecule has 2 aromatic rings. The van der Waals surface area contributed by atoms with Crippen molar-refractivity contribution in [1.29, 1.82) is 0 Å². The molecule has 206 valence electrons. The molecule has 9 nitrogen and oxygen atoms in total. The van der Waals surface area contributed by atoms with E-state index in [-0.39, 0.29) is 30.6 Å². The number of carbonyl (C=O) groups is 1.